The zero-order chi connectivity index (χ0) is 14.5. The van der Waals surface area contributed by atoms with Crippen LogP contribution in [0, 0.1) is 5.92 Å². The molecule has 1 aliphatic rings. The van der Waals surface area contributed by atoms with Crippen molar-refractivity contribution >= 4 is 11.9 Å². The van der Waals surface area contributed by atoms with Gasteiger partial charge in [-0.2, -0.15) is 0 Å². The van der Waals surface area contributed by atoms with Crippen LogP contribution in [0.25, 0.3) is 6.08 Å². The van der Waals surface area contributed by atoms with E-state index in [0.717, 1.165) is 31.2 Å². The third kappa shape index (κ3) is 3.49. The molecule has 0 bridgehead atoms. The minimum Gasteiger partial charge on any atom is -0.294 e. The molecule has 1 fully saturated rings. The number of carbonyl (C=O) groups is 1. The molecule has 0 heterocycles. The van der Waals surface area contributed by atoms with Gasteiger partial charge in [0.1, 0.15) is 0 Å². The standard InChI is InChI=1S/C20H20O/c21-20(18-9-5-2-6-10-18)19-13-11-17(12-14-19)15-16-7-3-1-4-8-16/h1-10,15,19H,11-14H2. The summed E-state index contributed by atoms with van der Waals surface area (Å²) in [6.45, 7) is 0. The van der Waals surface area contributed by atoms with E-state index in [4.69, 9.17) is 0 Å². The zero-order valence-electron chi connectivity index (χ0n) is 12.2. The quantitative estimate of drug-likeness (QED) is 0.709. The molecule has 0 aliphatic heterocycles. The SMILES string of the molecule is O=C(c1ccccc1)C1CCC(=Cc2ccccc2)CC1. The molecule has 0 radical (unpaired) electrons. The summed E-state index contributed by atoms with van der Waals surface area (Å²) < 4.78 is 0. The number of Topliss-reactive ketones (excluding diaryl/α,β-unsaturated/α-hetero) is 1. The highest BCUT2D eigenvalue weighted by Crippen LogP contribution is 2.31. The number of allylic oxidation sites excluding steroid dienone is 1. The van der Waals surface area contributed by atoms with Crippen LogP contribution in [0.3, 0.4) is 0 Å². The van der Waals surface area contributed by atoms with E-state index in [1.807, 2.05) is 36.4 Å². The number of rotatable bonds is 3. The van der Waals surface area contributed by atoms with Gasteiger partial charge in [0.15, 0.2) is 5.78 Å². The van der Waals surface area contributed by atoms with E-state index in [1.54, 1.807) is 0 Å². The Labute approximate surface area is 126 Å². The third-order valence-corrected chi connectivity index (χ3v) is 4.23. The predicted molar refractivity (Wildman–Crippen MR) is 87.1 cm³/mol. The molecule has 2 aromatic rings. The molecular formula is C20H20O. The van der Waals surface area contributed by atoms with E-state index in [1.165, 1.54) is 11.1 Å². The fourth-order valence-corrected chi connectivity index (χ4v) is 3.02. The maximum atomic E-state index is 12.4. The number of hydrogen-bond donors (Lipinski definition) is 0. The van der Waals surface area contributed by atoms with Gasteiger partial charge in [0, 0.05) is 11.5 Å². The molecule has 0 atom stereocenters. The van der Waals surface area contributed by atoms with E-state index in [2.05, 4.69) is 30.3 Å². The van der Waals surface area contributed by atoms with E-state index in [0.29, 0.717) is 5.78 Å². The lowest BCUT2D eigenvalue weighted by Crippen LogP contribution is -2.18. The van der Waals surface area contributed by atoms with Crippen LogP contribution in [-0.4, -0.2) is 5.78 Å². The second kappa shape index (κ2) is 6.53. The van der Waals surface area contributed by atoms with Crippen molar-refractivity contribution in [2.45, 2.75) is 25.7 Å². The van der Waals surface area contributed by atoms with Crippen LogP contribution < -0.4 is 0 Å². The molecule has 1 saturated carbocycles. The molecule has 0 saturated heterocycles. The molecule has 2 aromatic carbocycles. The van der Waals surface area contributed by atoms with Crippen molar-refractivity contribution in [2.75, 3.05) is 0 Å². The average Bonchev–Trinajstić information content (AvgIpc) is 2.57. The summed E-state index contributed by atoms with van der Waals surface area (Å²) in [7, 11) is 0. The molecule has 0 spiro atoms. The van der Waals surface area contributed by atoms with Gasteiger partial charge in [-0.1, -0.05) is 72.3 Å². The smallest absolute Gasteiger partial charge is 0.165 e. The number of hydrogen-bond acceptors (Lipinski definition) is 1. The summed E-state index contributed by atoms with van der Waals surface area (Å²) in [5, 5.41) is 0. The Kier molecular flexibility index (Phi) is 4.30. The molecule has 1 aliphatic carbocycles. The highest BCUT2D eigenvalue weighted by atomic mass is 16.1. The molecule has 3 rings (SSSR count). The highest BCUT2D eigenvalue weighted by Gasteiger charge is 2.23. The highest BCUT2D eigenvalue weighted by molar-refractivity contribution is 5.97. The summed E-state index contributed by atoms with van der Waals surface area (Å²) in [4.78, 5) is 12.4. The van der Waals surface area contributed by atoms with Gasteiger partial charge in [-0.15, -0.1) is 0 Å². The van der Waals surface area contributed by atoms with Crippen molar-refractivity contribution in [3.63, 3.8) is 0 Å². The normalized spacial score (nSPS) is 18.3. The van der Waals surface area contributed by atoms with Gasteiger partial charge in [-0.05, 0) is 31.2 Å². The molecule has 0 N–H and O–H groups in total. The van der Waals surface area contributed by atoms with Gasteiger partial charge in [0.2, 0.25) is 0 Å². The van der Waals surface area contributed by atoms with Crippen LogP contribution in [0.15, 0.2) is 66.2 Å². The Bertz CT molecular complexity index is 615. The van der Waals surface area contributed by atoms with Gasteiger partial charge >= 0.3 is 0 Å². The van der Waals surface area contributed by atoms with Crippen LogP contribution in [0.1, 0.15) is 41.6 Å². The largest absolute Gasteiger partial charge is 0.294 e. The minimum absolute atomic E-state index is 0.195. The van der Waals surface area contributed by atoms with E-state index in [9.17, 15) is 4.79 Å². The third-order valence-electron chi connectivity index (χ3n) is 4.23. The zero-order valence-corrected chi connectivity index (χ0v) is 12.2. The van der Waals surface area contributed by atoms with Gasteiger partial charge in [-0.3, -0.25) is 4.79 Å². The first-order valence-corrected chi connectivity index (χ1v) is 7.67. The maximum absolute atomic E-state index is 12.4. The van der Waals surface area contributed by atoms with Crippen LogP contribution in [0.2, 0.25) is 0 Å². The van der Waals surface area contributed by atoms with Crippen LogP contribution >= 0.6 is 0 Å². The number of ketones is 1. The molecule has 1 heteroatoms. The molecule has 0 unspecified atom stereocenters. The number of benzene rings is 2. The van der Waals surface area contributed by atoms with Crippen LogP contribution in [0.4, 0.5) is 0 Å². The molecule has 0 amide bonds. The molecule has 1 nitrogen and oxygen atoms in total. The molecule has 21 heavy (non-hydrogen) atoms. The predicted octanol–water partition coefficient (Wildman–Crippen LogP) is 5.14. The topological polar surface area (TPSA) is 17.1 Å². The summed E-state index contributed by atoms with van der Waals surface area (Å²) in [6.07, 6.45) is 6.32. The summed E-state index contributed by atoms with van der Waals surface area (Å²) >= 11 is 0. The lowest BCUT2D eigenvalue weighted by Gasteiger charge is -2.23. The fraction of sp³-hybridized carbons (Fsp3) is 0.250. The lowest BCUT2D eigenvalue weighted by atomic mass is 9.81. The molecular weight excluding hydrogens is 256 g/mol. The first kappa shape index (κ1) is 13.8. The summed E-state index contributed by atoms with van der Waals surface area (Å²) in [5.41, 5.74) is 3.59. The molecule has 0 aromatic heterocycles. The van der Waals surface area contributed by atoms with Gasteiger partial charge in [0.25, 0.3) is 0 Å². The van der Waals surface area contributed by atoms with E-state index < -0.39 is 0 Å². The minimum atomic E-state index is 0.195. The monoisotopic (exact) mass is 276 g/mol. The summed E-state index contributed by atoms with van der Waals surface area (Å²) in [6, 6.07) is 20.1. The Morgan fingerprint density at radius 3 is 2.05 bits per heavy atom. The maximum Gasteiger partial charge on any atom is 0.165 e. The van der Waals surface area contributed by atoms with Crippen molar-refractivity contribution in [3.05, 3.63) is 77.4 Å². The first-order valence-electron chi connectivity index (χ1n) is 7.67. The Morgan fingerprint density at radius 1 is 0.857 bits per heavy atom. The molecule has 106 valence electrons. The fourth-order valence-electron chi connectivity index (χ4n) is 3.02. The summed E-state index contributed by atoms with van der Waals surface area (Å²) in [5.74, 6) is 0.509. The lowest BCUT2D eigenvalue weighted by molar-refractivity contribution is 0.0899. The second-order valence-electron chi connectivity index (χ2n) is 5.72. The Morgan fingerprint density at radius 2 is 1.43 bits per heavy atom. The van der Waals surface area contributed by atoms with Crippen molar-refractivity contribution in [1.82, 2.24) is 0 Å². The number of carbonyl (C=O) groups excluding carboxylic acids is 1. The average molecular weight is 276 g/mol. The first-order chi connectivity index (χ1) is 10.3. The van der Waals surface area contributed by atoms with Crippen molar-refractivity contribution in [3.8, 4) is 0 Å². The van der Waals surface area contributed by atoms with Crippen molar-refractivity contribution in [2.24, 2.45) is 5.92 Å². The van der Waals surface area contributed by atoms with Crippen molar-refractivity contribution in [1.29, 1.82) is 0 Å². The van der Waals surface area contributed by atoms with Crippen LogP contribution in [-0.2, 0) is 0 Å². The van der Waals surface area contributed by atoms with E-state index in [-0.39, 0.29) is 5.92 Å². The van der Waals surface area contributed by atoms with Crippen molar-refractivity contribution < 1.29 is 4.79 Å². The van der Waals surface area contributed by atoms with E-state index >= 15 is 0 Å². The van der Waals surface area contributed by atoms with Gasteiger partial charge in [-0.25, -0.2) is 0 Å². The Hall–Kier alpha value is -2.15. The van der Waals surface area contributed by atoms with Gasteiger partial charge in [0.05, 0.1) is 0 Å². The van der Waals surface area contributed by atoms with Crippen LogP contribution in [0.5, 0.6) is 0 Å². The van der Waals surface area contributed by atoms with Gasteiger partial charge < -0.3 is 0 Å². The second-order valence-corrected chi connectivity index (χ2v) is 5.72. The Balaban J connectivity index is 1.63.